The van der Waals surface area contributed by atoms with Crippen molar-refractivity contribution in [1.82, 2.24) is 29.7 Å². The average Bonchev–Trinajstić information content (AvgIpc) is 2.92. The van der Waals surface area contributed by atoms with Crippen molar-refractivity contribution in [3.63, 3.8) is 0 Å². The van der Waals surface area contributed by atoms with Crippen LogP contribution in [-0.2, 0) is 0 Å². The van der Waals surface area contributed by atoms with E-state index in [1.54, 1.807) is 11.8 Å². The number of hydrogen-bond donors (Lipinski definition) is 2. The Bertz CT molecular complexity index is 512. The van der Waals surface area contributed by atoms with Gasteiger partial charge in [-0.1, -0.05) is 25.6 Å². The van der Waals surface area contributed by atoms with Gasteiger partial charge in [0.1, 0.15) is 12.7 Å². The second kappa shape index (κ2) is 6.43. The first-order chi connectivity index (χ1) is 9.19. The molecule has 0 aliphatic carbocycles. The molecule has 0 bridgehead atoms. The second-order valence-corrected chi connectivity index (χ2v) is 5.32. The molecule has 0 aromatic carbocycles. The smallest absolute Gasteiger partial charge is 0.257 e. The molecular formula is C10H16N8S. The monoisotopic (exact) mass is 280 g/mol. The summed E-state index contributed by atoms with van der Waals surface area (Å²) in [4.78, 5) is 16.5. The fourth-order valence-corrected chi connectivity index (χ4v) is 2.34. The molecule has 0 amide bonds. The van der Waals surface area contributed by atoms with E-state index in [0.717, 1.165) is 12.2 Å². The highest BCUT2D eigenvalue weighted by atomic mass is 32.2. The van der Waals surface area contributed by atoms with Crippen LogP contribution in [0.15, 0.2) is 17.8 Å². The van der Waals surface area contributed by atoms with E-state index in [0.29, 0.717) is 23.0 Å². The number of thioether (sulfide) groups is 1. The molecule has 8 nitrogen and oxygen atoms in total. The zero-order valence-corrected chi connectivity index (χ0v) is 11.6. The van der Waals surface area contributed by atoms with Crippen molar-refractivity contribution in [3.8, 4) is 5.95 Å². The number of nitrogens with one attached hydrogen (secondary N) is 1. The summed E-state index contributed by atoms with van der Waals surface area (Å²) in [6, 6.07) is 0. The number of nitrogen functional groups attached to an aromatic ring is 1. The van der Waals surface area contributed by atoms with E-state index in [1.165, 1.54) is 17.3 Å². The molecule has 0 aliphatic heterocycles. The van der Waals surface area contributed by atoms with Crippen LogP contribution in [-0.4, -0.2) is 35.5 Å². The lowest BCUT2D eigenvalue weighted by Crippen LogP contribution is -2.14. The Hall–Kier alpha value is -1.74. The lowest BCUT2D eigenvalue weighted by Gasteiger charge is -2.06. The Morgan fingerprint density at radius 1 is 1.37 bits per heavy atom. The normalized spacial score (nSPS) is 10.9. The van der Waals surface area contributed by atoms with Crippen molar-refractivity contribution >= 4 is 17.7 Å². The van der Waals surface area contributed by atoms with Crippen molar-refractivity contribution in [2.75, 3.05) is 11.2 Å². The van der Waals surface area contributed by atoms with Crippen LogP contribution in [0.4, 0.5) is 5.95 Å². The van der Waals surface area contributed by atoms with Gasteiger partial charge in [0.2, 0.25) is 5.95 Å². The first kappa shape index (κ1) is 13.7. The van der Waals surface area contributed by atoms with Gasteiger partial charge in [-0.05, 0) is 12.3 Å². The van der Waals surface area contributed by atoms with E-state index >= 15 is 0 Å². The average molecular weight is 280 g/mol. The summed E-state index contributed by atoms with van der Waals surface area (Å²) in [5, 5.41) is 4.61. The van der Waals surface area contributed by atoms with Gasteiger partial charge >= 0.3 is 0 Å². The van der Waals surface area contributed by atoms with Crippen LogP contribution < -0.4 is 11.3 Å². The molecule has 0 atom stereocenters. The molecule has 2 aromatic rings. The van der Waals surface area contributed by atoms with Crippen LogP contribution in [0.5, 0.6) is 0 Å². The number of nitrogens with zero attached hydrogens (tertiary/aromatic N) is 6. The Balaban J connectivity index is 2.16. The lowest BCUT2D eigenvalue weighted by molar-refractivity contribution is 0.631. The van der Waals surface area contributed by atoms with Crippen LogP contribution in [0, 0.1) is 5.92 Å². The Morgan fingerprint density at radius 2 is 2.21 bits per heavy atom. The van der Waals surface area contributed by atoms with Crippen molar-refractivity contribution in [3.05, 3.63) is 12.7 Å². The fraction of sp³-hybridized carbons (Fsp3) is 0.500. The fourth-order valence-electron chi connectivity index (χ4n) is 1.27. The maximum Gasteiger partial charge on any atom is 0.257 e. The lowest BCUT2D eigenvalue weighted by atomic mass is 10.2. The van der Waals surface area contributed by atoms with Gasteiger partial charge in [0.15, 0.2) is 5.16 Å². The van der Waals surface area contributed by atoms with Gasteiger partial charge in [-0.15, -0.1) is 0 Å². The van der Waals surface area contributed by atoms with Gasteiger partial charge in [0, 0.05) is 5.75 Å². The number of hydrogen-bond acceptors (Lipinski definition) is 8. The number of anilines is 1. The number of hydrazine groups is 1. The Labute approximate surface area is 115 Å². The van der Waals surface area contributed by atoms with Gasteiger partial charge in [-0.2, -0.15) is 24.7 Å². The van der Waals surface area contributed by atoms with Gasteiger partial charge in [-0.3, -0.25) is 5.43 Å². The van der Waals surface area contributed by atoms with E-state index in [4.69, 9.17) is 5.84 Å². The Kier molecular flexibility index (Phi) is 4.63. The highest BCUT2D eigenvalue weighted by Crippen LogP contribution is 2.18. The topological polar surface area (TPSA) is 107 Å². The van der Waals surface area contributed by atoms with Crippen LogP contribution in [0.1, 0.15) is 20.3 Å². The zero-order valence-electron chi connectivity index (χ0n) is 10.8. The summed E-state index contributed by atoms with van der Waals surface area (Å²) < 4.78 is 1.47. The minimum atomic E-state index is 0.313. The highest BCUT2D eigenvalue weighted by Gasteiger charge is 2.09. The van der Waals surface area contributed by atoms with Crippen LogP contribution in [0.3, 0.4) is 0 Å². The van der Waals surface area contributed by atoms with Crippen molar-refractivity contribution < 1.29 is 0 Å². The SMILES string of the molecule is CC(C)CCSc1nc(NN)nc(-n2cncn2)n1. The molecule has 2 rings (SSSR count). The second-order valence-electron chi connectivity index (χ2n) is 4.26. The summed E-state index contributed by atoms with van der Waals surface area (Å²) >= 11 is 1.57. The molecule has 0 aliphatic rings. The van der Waals surface area contributed by atoms with Crippen molar-refractivity contribution in [2.45, 2.75) is 25.4 Å². The quantitative estimate of drug-likeness (QED) is 0.456. The zero-order chi connectivity index (χ0) is 13.7. The van der Waals surface area contributed by atoms with Crippen molar-refractivity contribution in [2.24, 2.45) is 11.8 Å². The molecule has 3 N–H and O–H groups in total. The first-order valence-corrected chi connectivity index (χ1v) is 6.88. The van der Waals surface area contributed by atoms with Gasteiger partial charge in [0.05, 0.1) is 0 Å². The molecule has 19 heavy (non-hydrogen) atoms. The maximum absolute atomic E-state index is 5.36. The third-order valence-electron chi connectivity index (χ3n) is 2.28. The van der Waals surface area contributed by atoms with E-state index in [-0.39, 0.29) is 0 Å². The minimum Gasteiger partial charge on any atom is -0.292 e. The molecule has 2 aromatic heterocycles. The van der Waals surface area contributed by atoms with E-state index < -0.39 is 0 Å². The molecule has 0 fully saturated rings. The van der Waals surface area contributed by atoms with Gasteiger partial charge < -0.3 is 0 Å². The Morgan fingerprint density at radius 3 is 2.84 bits per heavy atom. The molecule has 2 heterocycles. The van der Waals surface area contributed by atoms with E-state index in [9.17, 15) is 0 Å². The van der Waals surface area contributed by atoms with Gasteiger partial charge in [-0.25, -0.2) is 10.8 Å². The molecule has 0 saturated heterocycles. The predicted octanol–water partition coefficient (Wildman–Crippen LogP) is 0.876. The summed E-state index contributed by atoms with van der Waals surface area (Å²) in [5.41, 5.74) is 2.43. The third-order valence-corrected chi connectivity index (χ3v) is 3.16. The summed E-state index contributed by atoms with van der Waals surface area (Å²) in [6.45, 7) is 4.36. The minimum absolute atomic E-state index is 0.313. The molecule has 0 saturated carbocycles. The van der Waals surface area contributed by atoms with E-state index in [2.05, 4.69) is 44.3 Å². The van der Waals surface area contributed by atoms with Crippen molar-refractivity contribution in [1.29, 1.82) is 0 Å². The predicted molar refractivity (Wildman–Crippen MR) is 72.7 cm³/mol. The largest absolute Gasteiger partial charge is 0.292 e. The standard InChI is InChI=1S/C10H16N8S/c1-7(2)3-4-19-10-15-8(17-11)14-9(16-10)18-6-12-5-13-18/h5-7H,3-4,11H2,1-2H3,(H,14,15,16,17). The summed E-state index contributed by atoms with van der Waals surface area (Å²) in [7, 11) is 0. The van der Waals surface area contributed by atoms with Crippen LogP contribution in [0.2, 0.25) is 0 Å². The molecule has 0 radical (unpaired) electrons. The summed E-state index contributed by atoms with van der Waals surface area (Å²) in [5.74, 6) is 7.67. The number of rotatable bonds is 6. The molecule has 9 heteroatoms. The molecule has 0 unspecified atom stereocenters. The molecule has 102 valence electrons. The number of nitrogens with two attached hydrogens (primary N) is 1. The molecular weight excluding hydrogens is 264 g/mol. The highest BCUT2D eigenvalue weighted by molar-refractivity contribution is 7.99. The molecule has 0 spiro atoms. The van der Waals surface area contributed by atoms with Crippen LogP contribution in [0.25, 0.3) is 5.95 Å². The third kappa shape index (κ3) is 3.86. The maximum atomic E-state index is 5.36. The van der Waals surface area contributed by atoms with E-state index in [1.807, 2.05) is 0 Å². The first-order valence-electron chi connectivity index (χ1n) is 5.89. The summed E-state index contributed by atoms with van der Waals surface area (Å²) in [6.07, 6.45) is 4.05. The van der Waals surface area contributed by atoms with Gasteiger partial charge in [0.25, 0.3) is 5.95 Å². The van der Waals surface area contributed by atoms with Crippen LogP contribution >= 0.6 is 11.8 Å². The number of aromatic nitrogens is 6.